The van der Waals surface area contributed by atoms with E-state index in [-0.39, 0.29) is 18.1 Å². The quantitative estimate of drug-likeness (QED) is 0.842. The van der Waals surface area contributed by atoms with Crippen molar-refractivity contribution < 1.29 is 24.2 Å². The summed E-state index contributed by atoms with van der Waals surface area (Å²) in [7, 11) is 0. The molecule has 0 aromatic carbocycles. The van der Waals surface area contributed by atoms with Crippen molar-refractivity contribution >= 4 is 17.8 Å². The second-order valence-corrected chi connectivity index (χ2v) is 7.69. The molecule has 0 aliphatic carbocycles. The summed E-state index contributed by atoms with van der Waals surface area (Å²) in [5.74, 6) is -0.765. The Morgan fingerprint density at radius 1 is 1.35 bits per heavy atom. The Labute approximate surface area is 136 Å². The fourth-order valence-corrected chi connectivity index (χ4v) is 3.27. The summed E-state index contributed by atoms with van der Waals surface area (Å²) in [6, 6.07) is 0. The van der Waals surface area contributed by atoms with Gasteiger partial charge >= 0.3 is 12.1 Å². The number of ketones is 1. The Morgan fingerprint density at radius 2 is 1.96 bits per heavy atom. The van der Waals surface area contributed by atoms with Crippen molar-refractivity contribution in [3.05, 3.63) is 0 Å². The smallest absolute Gasteiger partial charge is 0.410 e. The highest BCUT2D eigenvalue weighted by atomic mass is 16.6. The van der Waals surface area contributed by atoms with E-state index in [2.05, 4.69) is 4.90 Å². The lowest BCUT2D eigenvalue weighted by Gasteiger charge is -2.56. The molecule has 23 heavy (non-hydrogen) atoms. The van der Waals surface area contributed by atoms with Gasteiger partial charge in [0.15, 0.2) is 0 Å². The highest BCUT2D eigenvalue weighted by Crippen LogP contribution is 2.35. The first-order chi connectivity index (χ1) is 10.5. The summed E-state index contributed by atoms with van der Waals surface area (Å²) in [6.45, 7) is 9.03. The number of amides is 1. The molecule has 2 fully saturated rings. The molecule has 0 spiro atoms. The van der Waals surface area contributed by atoms with Gasteiger partial charge in [0.1, 0.15) is 11.4 Å². The molecule has 0 radical (unpaired) electrons. The van der Waals surface area contributed by atoms with Crippen molar-refractivity contribution in [1.82, 2.24) is 9.80 Å². The molecule has 0 bridgehead atoms. The van der Waals surface area contributed by atoms with Gasteiger partial charge in [-0.2, -0.15) is 0 Å². The normalized spacial score (nSPS) is 25.0. The summed E-state index contributed by atoms with van der Waals surface area (Å²) in [5.41, 5.74) is -1.16. The molecular formula is C16H26N2O5. The average molecular weight is 326 g/mol. The summed E-state index contributed by atoms with van der Waals surface area (Å²) in [6.07, 6.45) is -0.0121. The fourth-order valence-electron chi connectivity index (χ4n) is 3.27. The molecule has 7 heteroatoms. The number of nitrogens with zero attached hydrogens (tertiary/aromatic N) is 2. The second-order valence-electron chi connectivity index (χ2n) is 7.69. The van der Waals surface area contributed by atoms with E-state index < -0.39 is 23.2 Å². The van der Waals surface area contributed by atoms with Crippen molar-refractivity contribution in [1.29, 1.82) is 0 Å². The van der Waals surface area contributed by atoms with Crippen LogP contribution in [0.5, 0.6) is 0 Å². The van der Waals surface area contributed by atoms with E-state index in [1.54, 1.807) is 20.8 Å². The zero-order valence-electron chi connectivity index (χ0n) is 14.3. The molecule has 130 valence electrons. The molecule has 2 rings (SSSR count). The van der Waals surface area contributed by atoms with Crippen molar-refractivity contribution in [3.8, 4) is 0 Å². The topological polar surface area (TPSA) is 87.2 Å². The van der Waals surface area contributed by atoms with E-state index in [1.165, 1.54) is 4.90 Å². The van der Waals surface area contributed by atoms with Gasteiger partial charge in [-0.3, -0.25) is 14.5 Å². The van der Waals surface area contributed by atoms with Crippen LogP contribution in [0, 0.1) is 5.92 Å². The zero-order valence-corrected chi connectivity index (χ0v) is 14.3. The van der Waals surface area contributed by atoms with Crippen LogP contribution in [-0.2, 0) is 14.3 Å². The van der Waals surface area contributed by atoms with Gasteiger partial charge in [0.25, 0.3) is 0 Å². The molecule has 1 N–H and O–H groups in total. The average Bonchev–Trinajstić information content (AvgIpc) is 2.34. The minimum atomic E-state index is -0.890. The van der Waals surface area contributed by atoms with Gasteiger partial charge in [0.2, 0.25) is 0 Å². The number of Topliss-reactive ketones (excluding diaryl/α,β-unsaturated/α-hetero) is 1. The number of aliphatic carboxylic acids is 1. The monoisotopic (exact) mass is 326 g/mol. The van der Waals surface area contributed by atoms with Crippen LogP contribution in [0.3, 0.4) is 0 Å². The lowest BCUT2D eigenvalue weighted by atomic mass is 9.81. The number of hydrogen-bond donors (Lipinski definition) is 1. The maximum Gasteiger partial charge on any atom is 0.410 e. The molecule has 2 heterocycles. The number of carbonyl (C=O) groups excluding carboxylic acids is 2. The standard InChI is InChI=1S/C16H26N2O5/c1-11-8-18(6-5-12(11)19)16(7-13(20)21)9-17(10-16)14(22)23-15(2,3)4/h11H,5-10H2,1-4H3,(H,20,21). The number of carboxylic acids is 1. The van der Waals surface area contributed by atoms with Crippen LogP contribution in [-0.4, -0.2) is 70.1 Å². The highest BCUT2D eigenvalue weighted by molar-refractivity contribution is 5.82. The maximum absolute atomic E-state index is 12.1. The number of piperidine rings is 1. The summed E-state index contributed by atoms with van der Waals surface area (Å²) in [4.78, 5) is 38.7. The minimum absolute atomic E-state index is 0.0345. The third kappa shape index (κ3) is 4.02. The van der Waals surface area contributed by atoms with E-state index in [4.69, 9.17) is 4.74 Å². The molecule has 2 aliphatic rings. The zero-order chi connectivity index (χ0) is 17.4. The predicted octanol–water partition coefficient (Wildman–Crippen LogP) is 1.36. The third-order valence-electron chi connectivity index (χ3n) is 4.45. The molecule has 7 nitrogen and oxygen atoms in total. The number of ether oxygens (including phenoxy) is 1. The highest BCUT2D eigenvalue weighted by Gasteiger charge is 2.52. The minimum Gasteiger partial charge on any atom is -0.481 e. The van der Waals surface area contributed by atoms with Gasteiger partial charge in [-0.05, 0) is 20.8 Å². The largest absolute Gasteiger partial charge is 0.481 e. The predicted molar refractivity (Wildman–Crippen MR) is 83.2 cm³/mol. The van der Waals surface area contributed by atoms with E-state index in [0.717, 1.165) is 0 Å². The number of likely N-dealkylation sites (tertiary alicyclic amines) is 2. The second kappa shape index (κ2) is 6.11. The van der Waals surface area contributed by atoms with Gasteiger partial charge in [0, 0.05) is 38.5 Å². The first-order valence-corrected chi connectivity index (χ1v) is 8.00. The van der Waals surface area contributed by atoms with Crippen LogP contribution in [0.25, 0.3) is 0 Å². The van der Waals surface area contributed by atoms with Gasteiger partial charge in [-0.1, -0.05) is 6.92 Å². The van der Waals surface area contributed by atoms with Gasteiger partial charge in [-0.15, -0.1) is 0 Å². The van der Waals surface area contributed by atoms with Crippen LogP contribution >= 0.6 is 0 Å². The number of hydrogen-bond acceptors (Lipinski definition) is 5. The van der Waals surface area contributed by atoms with E-state index in [9.17, 15) is 19.5 Å². The summed E-state index contributed by atoms with van der Waals surface area (Å²) < 4.78 is 5.33. The van der Waals surface area contributed by atoms with Crippen molar-refractivity contribution in [2.45, 2.75) is 51.7 Å². The molecular weight excluding hydrogens is 300 g/mol. The first kappa shape index (κ1) is 17.7. The van der Waals surface area contributed by atoms with Crippen molar-refractivity contribution in [2.75, 3.05) is 26.2 Å². The lowest BCUT2D eigenvalue weighted by Crippen LogP contribution is -2.73. The Kier molecular flexibility index (Phi) is 4.71. The molecule has 0 aromatic heterocycles. The molecule has 0 saturated carbocycles. The SMILES string of the molecule is CC1CN(C2(CC(=O)O)CN(C(=O)OC(C)(C)C)C2)CCC1=O. The number of carbonyl (C=O) groups is 3. The first-order valence-electron chi connectivity index (χ1n) is 8.00. The van der Waals surface area contributed by atoms with Crippen LogP contribution in [0.4, 0.5) is 4.79 Å². The van der Waals surface area contributed by atoms with Crippen LogP contribution in [0.15, 0.2) is 0 Å². The van der Waals surface area contributed by atoms with Crippen LogP contribution < -0.4 is 0 Å². The molecule has 1 atom stereocenters. The lowest BCUT2D eigenvalue weighted by molar-refractivity contribution is -0.148. The molecule has 0 aromatic rings. The van der Waals surface area contributed by atoms with Gasteiger partial charge in [-0.25, -0.2) is 4.79 Å². The Morgan fingerprint density at radius 3 is 2.43 bits per heavy atom. The molecule has 1 amide bonds. The number of rotatable bonds is 3. The number of carboxylic acid groups (broad SMARTS) is 1. The van der Waals surface area contributed by atoms with Crippen molar-refractivity contribution in [3.63, 3.8) is 0 Å². The van der Waals surface area contributed by atoms with Crippen LogP contribution in [0.2, 0.25) is 0 Å². The molecule has 2 saturated heterocycles. The molecule has 2 aliphatic heterocycles. The maximum atomic E-state index is 12.1. The van der Waals surface area contributed by atoms with E-state index in [0.29, 0.717) is 32.6 Å². The van der Waals surface area contributed by atoms with Crippen LogP contribution in [0.1, 0.15) is 40.5 Å². The van der Waals surface area contributed by atoms with E-state index >= 15 is 0 Å². The Bertz CT molecular complexity index is 505. The fraction of sp³-hybridized carbons (Fsp3) is 0.812. The van der Waals surface area contributed by atoms with Crippen molar-refractivity contribution in [2.24, 2.45) is 5.92 Å². The Hall–Kier alpha value is -1.63. The summed E-state index contributed by atoms with van der Waals surface area (Å²) in [5, 5.41) is 9.25. The van der Waals surface area contributed by atoms with Gasteiger partial charge < -0.3 is 14.7 Å². The third-order valence-corrected chi connectivity index (χ3v) is 4.45. The molecule has 1 unspecified atom stereocenters. The summed E-state index contributed by atoms with van der Waals surface area (Å²) >= 11 is 0. The van der Waals surface area contributed by atoms with E-state index in [1.807, 2.05) is 6.92 Å². The Balaban J connectivity index is 2.05. The van der Waals surface area contributed by atoms with Gasteiger partial charge in [0.05, 0.1) is 12.0 Å².